The predicted octanol–water partition coefficient (Wildman–Crippen LogP) is 5.03. The number of esters is 2. The number of hydrogen-bond donors (Lipinski definition) is 1. The molecule has 6 heteroatoms. The van der Waals surface area contributed by atoms with Crippen LogP contribution in [0.4, 0.5) is 0 Å². The van der Waals surface area contributed by atoms with Crippen LogP contribution in [0.1, 0.15) is 79.6 Å². The normalized spacial score (nSPS) is 40.5. The van der Waals surface area contributed by atoms with Crippen molar-refractivity contribution in [1.29, 1.82) is 0 Å². The fourth-order valence-electron chi connectivity index (χ4n) is 8.36. The quantitative estimate of drug-likeness (QED) is 0.335. The number of ether oxygens (including phenoxy) is 2. The molecule has 35 heavy (non-hydrogen) atoms. The van der Waals surface area contributed by atoms with Crippen LogP contribution in [0.5, 0.6) is 0 Å². The van der Waals surface area contributed by atoms with Gasteiger partial charge in [-0.25, -0.2) is 0 Å². The lowest BCUT2D eigenvalue weighted by atomic mass is 9.47. The molecule has 0 bridgehead atoms. The van der Waals surface area contributed by atoms with E-state index in [0.29, 0.717) is 29.0 Å². The Labute approximate surface area is 209 Å². The number of fused-ring (bicyclic) bond motifs is 5. The molecular formula is C29H41NO5. The molecule has 0 aromatic heterocycles. The Morgan fingerprint density at radius 2 is 1.74 bits per heavy atom. The third kappa shape index (κ3) is 4.49. The maximum Gasteiger partial charge on any atom is 0.302 e. The maximum atomic E-state index is 13.0. The second kappa shape index (κ2) is 9.25. The zero-order valence-corrected chi connectivity index (χ0v) is 21.9. The van der Waals surface area contributed by atoms with E-state index in [1.807, 2.05) is 0 Å². The van der Waals surface area contributed by atoms with Gasteiger partial charge in [-0.15, -0.1) is 0 Å². The molecular weight excluding hydrogens is 442 g/mol. The highest BCUT2D eigenvalue weighted by molar-refractivity contribution is 6.04. The molecule has 0 aliphatic heterocycles. The molecule has 6 nitrogen and oxygen atoms in total. The van der Waals surface area contributed by atoms with Gasteiger partial charge in [-0.1, -0.05) is 32.1 Å². The third-order valence-corrected chi connectivity index (χ3v) is 9.77. The van der Waals surface area contributed by atoms with Crippen molar-refractivity contribution in [3.63, 3.8) is 0 Å². The van der Waals surface area contributed by atoms with Crippen molar-refractivity contribution in [2.75, 3.05) is 0 Å². The molecule has 8 atom stereocenters. The van der Waals surface area contributed by atoms with Crippen molar-refractivity contribution in [1.82, 2.24) is 0 Å². The highest BCUT2D eigenvalue weighted by atomic mass is 16.5. The van der Waals surface area contributed by atoms with E-state index >= 15 is 0 Å². The van der Waals surface area contributed by atoms with E-state index in [1.165, 1.54) is 25.5 Å². The average Bonchev–Trinajstić information content (AvgIpc) is 3.03. The van der Waals surface area contributed by atoms with Crippen LogP contribution < -0.4 is 5.73 Å². The Balaban J connectivity index is 1.64. The number of carbonyl (C=O) groups excluding carboxylic acids is 3. The molecule has 0 amide bonds. The summed E-state index contributed by atoms with van der Waals surface area (Å²) in [6.07, 6.45) is 9.99. The van der Waals surface area contributed by atoms with Crippen molar-refractivity contribution in [2.45, 2.75) is 91.8 Å². The Morgan fingerprint density at radius 1 is 1.06 bits per heavy atom. The summed E-state index contributed by atoms with van der Waals surface area (Å²) in [6.45, 7) is 13.5. The zero-order chi connectivity index (χ0) is 25.7. The second-order valence-corrected chi connectivity index (χ2v) is 11.9. The summed E-state index contributed by atoms with van der Waals surface area (Å²) in [5, 5.41) is 0. The van der Waals surface area contributed by atoms with E-state index < -0.39 is 0 Å². The number of carbonyl (C=O) groups is 3. The summed E-state index contributed by atoms with van der Waals surface area (Å²) in [7, 11) is 0. The molecule has 3 saturated carbocycles. The van der Waals surface area contributed by atoms with Crippen molar-refractivity contribution >= 4 is 17.7 Å². The number of nitrogens with two attached hydrogens (primary N) is 1. The lowest BCUT2D eigenvalue weighted by Gasteiger charge is -2.58. The first-order chi connectivity index (χ1) is 16.4. The SMILES string of the molecule is C=C(C(=O)/C=C(/C)N)[C@H]1[C@H](OC(C)=O)C[C@H]2[C@@H]3CC=C4C[C@@H](OC(C)=O)CC[C@]4(C)[C@H]3CC[C@@]21C. The summed E-state index contributed by atoms with van der Waals surface area (Å²) < 4.78 is 11.4. The summed E-state index contributed by atoms with van der Waals surface area (Å²) in [5.41, 5.74) is 8.12. The van der Waals surface area contributed by atoms with Gasteiger partial charge >= 0.3 is 11.9 Å². The van der Waals surface area contributed by atoms with Crippen molar-refractivity contribution < 1.29 is 23.9 Å². The van der Waals surface area contributed by atoms with Crippen LogP contribution in [0, 0.1) is 34.5 Å². The van der Waals surface area contributed by atoms with Gasteiger partial charge in [-0.2, -0.15) is 0 Å². The van der Waals surface area contributed by atoms with E-state index in [0.717, 1.165) is 44.9 Å². The largest absolute Gasteiger partial charge is 0.462 e. The predicted molar refractivity (Wildman–Crippen MR) is 134 cm³/mol. The van der Waals surface area contributed by atoms with Gasteiger partial charge in [0.15, 0.2) is 5.78 Å². The van der Waals surface area contributed by atoms with Crippen LogP contribution in [-0.4, -0.2) is 29.9 Å². The van der Waals surface area contributed by atoms with Gasteiger partial charge in [-0.05, 0) is 79.6 Å². The van der Waals surface area contributed by atoms with Crippen LogP contribution in [0.2, 0.25) is 0 Å². The van der Waals surface area contributed by atoms with E-state index in [9.17, 15) is 14.4 Å². The van der Waals surface area contributed by atoms with Crippen LogP contribution in [-0.2, 0) is 23.9 Å². The molecule has 4 rings (SSSR count). The fourth-order valence-corrected chi connectivity index (χ4v) is 8.36. The van der Waals surface area contributed by atoms with Gasteiger partial charge < -0.3 is 15.2 Å². The van der Waals surface area contributed by atoms with Crippen molar-refractivity contribution in [3.8, 4) is 0 Å². The van der Waals surface area contributed by atoms with Crippen LogP contribution in [0.3, 0.4) is 0 Å². The first-order valence-corrected chi connectivity index (χ1v) is 13.1. The molecule has 0 heterocycles. The molecule has 0 aromatic carbocycles. The van der Waals surface area contributed by atoms with Crippen LogP contribution in [0.15, 0.2) is 35.6 Å². The highest BCUT2D eigenvalue weighted by Crippen LogP contribution is 2.67. The molecule has 0 radical (unpaired) electrons. The summed E-state index contributed by atoms with van der Waals surface area (Å²) >= 11 is 0. The van der Waals surface area contributed by atoms with Gasteiger partial charge in [0, 0.05) is 38.0 Å². The van der Waals surface area contributed by atoms with Gasteiger partial charge in [-0.3, -0.25) is 14.4 Å². The molecule has 3 fully saturated rings. The summed E-state index contributed by atoms with van der Waals surface area (Å²) in [6, 6.07) is 0. The molecule has 0 saturated heterocycles. The van der Waals surface area contributed by atoms with Crippen molar-refractivity contribution in [3.05, 3.63) is 35.6 Å². The van der Waals surface area contributed by atoms with E-state index in [-0.39, 0.29) is 46.7 Å². The summed E-state index contributed by atoms with van der Waals surface area (Å²) in [5.74, 6) is 0.437. The Hall–Kier alpha value is -2.37. The van der Waals surface area contributed by atoms with E-state index in [4.69, 9.17) is 15.2 Å². The van der Waals surface area contributed by atoms with E-state index in [2.05, 4.69) is 26.5 Å². The van der Waals surface area contributed by atoms with Crippen molar-refractivity contribution in [2.24, 2.45) is 40.2 Å². The van der Waals surface area contributed by atoms with Gasteiger partial charge in [0.2, 0.25) is 0 Å². The van der Waals surface area contributed by atoms with Crippen LogP contribution >= 0.6 is 0 Å². The third-order valence-electron chi connectivity index (χ3n) is 9.77. The average molecular weight is 484 g/mol. The minimum Gasteiger partial charge on any atom is -0.462 e. The van der Waals surface area contributed by atoms with Gasteiger partial charge in [0.25, 0.3) is 0 Å². The van der Waals surface area contributed by atoms with E-state index in [1.54, 1.807) is 6.92 Å². The monoisotopic (exact) mass is 483 g/mol. The molecule has 192 valence electrons. The molecule has 4 aliphatic rings. The lowest BCUT2D eigenvalue weighted by Crippen LogP contribution is -2.51. The zero-order valence-electron chi connectivity index (χ0n) is 21.9. The lowest BCUT2D eigenvalue weighted by molar-refractivity contribution is -0.149. The van der Waals surface area contributed by atoms with Gasteiger partial charge in [0.05, 0.1) is 0 Å². The smallest absolute Gasteiger partial charge is 0.302 e. The molecule has 0 unspecified atom stereocenters. The molecule has 0 spiro atoms. The highest BCUT2D eigenvalue weighted by Gasteiger charge is 2.62. The minimum absolute atomic E-state index is 0.0187. The number of allylic oxidation sites excluding steroid dienone is 3. The Morgan fingerprint density at radius 3 is 2.37 bits per heavy atom. The Kier molecular flexibility index (Phi) is 6.80. The second-order valence-electron chi connectivity index (χ2n) is 11.9. The fraction of sp³-hybridized carbons (Fsp3) is 0.690. The standard InChI is InChI=1S/C29H41NO5/c1-16(30)13-25(33)17(2)27-26(35-19(4)32)15-24-22-8-7-20-14-21(34-18(3)31)9-11-28(20,5)23(22)10-12-29(24,27)6/h7,13,21-24,26-27H,2,8-12,14-15,30H2,1,3-6H3/b16-13-/t21-,22+,23-,24-,26+,27-,28-,29-/m0/s1. The topological polar surface area (TPSA) is 95.7 Å². The molecule has 2 N–H and O–H groups in total. The first kappa shape index (κ1) is 25.7. The first-order valence-electron chi connectivity index (χ1n) is 13.1. The van der Waals surface area contributed by atoms with Gasteiger partial charge in [0.1, 0.15) is 12.2 Å². The minimum atomic E-state index is -0.345. The van der Waals surface area contributed by atoms with Crippen LogP contribution in [0.25, 0.3) is 0 Å². The summed E-state index contributed by atoms with van der Waals surface area (Å²) in [4.78, 5) is 36.5. The molecule has 0 aromatic rings. The number of hydrogen-bond acceptors (Lipinski definition) is 6. The number of ketones is 1. The maximum absolute atomic E-state index is 13.0. The number of rotatable bonds is 5. The molecule has 4 aliphatic carbocycles. The Bertz CT molecular complexity index is 991.